The van der Waals surface area contributed by atoms with Crippen LogP contribution >= 0.6 is 0 Å². The standard InChI is InChI=1S/C25H38N4O/c1-19-9-10-23-22(15-19)21-7-6-8-24-25(21)29(23)14-13-28(24)17-20(30)16-26-18-27-11-4-2-3-5-12-27/h9-10,15,20,24,26,30H,2-8,11-14,16-18H2,1H3/t20-,24+/m1/s1. The second kappa shape index (κ2) is 8.99. The molecule has 1 aliphatic carbocycles. The number of fused-ring (bicyclic) bond motifs is 3. The summed E-state index contributed by atoms with van der Waals surface area (Å²) in [5, 5.41) is 15.8. The smallest absolute Gasteiger partial charge is 0.0791 e. The van der Waals surface area contributed by atoms with Crippen molar-refractivity contribution in [2.24, 2.45) is 0 Å². The second-order valence-electron chi connectivity index (χ2n) is 9.74. The molecule has 2 aromatic rings. The summed E-state index contributed by atoms with van der Waals surface area (Å²) >= 11 is 0. The highest BCUT2D eigenvalue weighted by Gasteiger charge is 2.35. The second-order valence-corrected chi connectivity index (χ2v) is 9.74. The van der Waals surface area contributed by atoms with Gasteiger partial charge in [0, 0.05) is 49.4 Å². The molecule has 1 aromatic carbocycles. The van der Waals surface area contributed by atoms with Gasteiger partial charge < -0.3 is 15.0 Å². The van der Waals surface area contributed by atoms with Gasteiger partial charge in [-0.05, 0) is 69.8 Å². The van der Waals surface area contributed by atoms with Crippen molar-refractivity contribution in [1.82, 2.24) is 19.7 Å². The van der Waals surface area contributed by atoms with Crippen LogP contribution < -0.4 is 5.32 Å². The normalized spacial score (nSPS) is 24.0. The first kappa shape index (κ1) is 20.5. The summed E-state index contributed by atoms with van der Waals surface area (Å²) in [6, 6.07) is 7.41. The molecule has 2 atom stereocenters. The summed E-state index contributed by atoms with van der Waals surface area (Å²) in [6.07, 6.45) is 8.74. The van der Waals surface area contributed by atoms with E-state index in [0.29, 0.717) is 12.6 Å². The minimum absolute atomic E-state index is 0.305. The van der Waals surface area contributed by atoms with Crippen molar-refractivity contribution in [3.63, 3.8) is 0 Å². The Kier molecular flexibility index (Phi) is 6.15. The first-order valence-corrected chi connectivity index (χ1v) is 12.2. The predicted molar refractivity (Wildman–Crippen MR) is 123 cm³/mol. The van der Waals surface area contributed by atoms with Gasteiger partial charge in [-0.3, -0.25) is 9.80 Å². The summed E-state index contributed by atoms with van der Waals surface area (Å²) in [5.41, 5.74) is 5.88. The highest BCUT2D eigenvalue weighted by atomic mass is 16.3. The van der Waals surface area contributed by atoms with Gasteiger partial charge in [0.15, 0.2) is 0 Å². The van der Waals surface area contributed by atoms with Crippen LogP contribution in [0.2, 0.25) is 0 Å². The lowest BCUT2D eigenvalue weighted by Crippen LogP contribution is -2.46. The quantitative estimate of drug-likeness (QED) is 0.766. The SMILES string of the molecule is Cc1ccc2c(c1)c1c3n2CCN(C[C@H](O)CNCN2CCCCCC2)[C@H]3CCC1. The summed E-state index contributed by atoms with van der Waals surface area (Å²) < 4.78 is 2.58. The zero-order valence-corrected chi connectivity index (χ0v) is 18.6. The summed E-state index contributed by atoms with van der Waals surface area (Å²) in [4.78, 5) is 5.07. The van der Waals surface area contributed by atoms with Crippen LogP contribution in [0.1, 0.15) is 61.4 Å². The third-order valence-electron chi connectivity index (χ3n) is 7.50. The highest BCUT2D eigenvalue weighted by molar-refractivity contribution is 5.87. The van der Waals surface area contributed by atoms with Crippen LogP contribution in [0.4, 0.5) is 0 Å². The number of hydrogen-bond donors (Lipinski definition) is 2. The molecule has 0 bridgehead atoms. The fourth-order valence-electron chi connectivity index (χ4n) is 6.03. The molecule has 3 aliphatic rings. The van der Waals surface area contributed by atoms with Gasteiger partial charge in [-0.25, -0.2) is 0 Å². The van der Waals surface area contributed by atoms with E-state index in [-0.39, 0.29) is 6.10 Å². The molecule has 5 nitrogen and oxygen atoms in total. The van der Waals surface area contributed by atoms with Crippen molar-refractivity contribution in [3.05, 3.63) is 35.0 Å². The molecule has 0 amide bonds. The molecular weight excluding hydrogens is 372 g/mol. The number of aliphatic hydroxyl groups excluding tert-OH is 1. The number of rotatable bonds is 6. The molecule has 3 heterocycles. The summed E-state index contributed by atoms with van der Waals surface area (Å²) in [5.74, 6) is 0. The Hall–Kier alpha value is -1.40. The van der Waals surface area contributed by atoms with Gasteiger partial charge >= 0.3 is 0 Å². The number of likely N-dealkylation sites (tertiary alicyclic amines) is 1. The molecule has 164 valence electrons. The van der Waals surface area contributed by atoms with E-state index >= 15 is 0 Å². The Labute approximate surface area is 181 Å². The molecule has 5 rings (SSSR count). The number of nitrogens with zero attached hydrogens (tertiary/aromatic N) is 3. The van der Waals surface area contributed by atoms with Crippen molar-refractivity contribution < 1.29 is 5.11 Å². The molecule has 1 fully saturated rings. The lowest BCUT2D eigenvalue weighted by Gasteiger charge is -2.40. The lowest BCUT2D eigenvalue weighted by atomic mass is 9.89. The molecular formula is C25H38N4O. The zero-order valence-electron chi connectivity index (χ0n) is 18.6. The number of hydrogen-bond acceptors (Lipinski definition) is 4. The molecule has 1 saturated heterocycles. The van der Waals surface area contributed by atoms with Crippen molar-refractivity contribution in [2.45, 2.75) is 70.6 Å². The molecule has 0 spiro atoms. The minimum atomic E-state index is -0.305. The molecule has 2 aliphatic heterocycles. The third kappa shape index (κ3) is 4.05. The maximum atomic E-state index is 10.8. The Balaban J connectivity index is 1.23. The lowest BCUT2D eigenvalue weighted by molar-refractivity contribution is 0.0617. The van der Waals surface area contributed by atoms with E-state index < -0.39 is 0 Å². The van der Waals surface area contributed by atoms with E-state index in [1.54, 1.807) is 5.56 Å². The molecule has 0 radical (unpaired) electrons. The number of aromatic nitrogens is 1. The first-order valence-electron chi connectivity index (χ1n) is 12.2. The van der Waals surface area contributed by atoms with E-state index in [2.05, 4.69) is 44.8 Å². The summed E-state index contributed by atoms with van der Waals surface area (Å²) in [6.45, 7) is 9.06. The van der Waals surface area contributed by atoms with Crippen LogP contribution in [-0.4, -0.2) is 65.0 Å². The van der Waals surface area contributed by atoms with E-state index in [1.165, 1.54) is 80.2 Å². The Bertz CT molecular complexity index is 868. The van der Waals surface area contributed by atoms with Gasteiger partial charge in [0.25, 0.3) is 0 Å². The Morgan fingerprint density at radius 3 is 2.73 bits per heavy atom. The monoisotopic (exact) mass is 410 g/mol. The molecule has 30 heavy (non-hydrogen) atoms. The number of benzene rings is 1. The van der Waals surface area contributed by atoms with Gasteiger partial charge in [-0.1, -0.05) is 24.5 Å². The van der Waals surface area contributed by atoms with Crippen LogP contribution in [0.3, 0.4) is 0 Å². The Morgan fingerprint density at radius 1 is 1.07 bits per heavy atom. The summed E-state index contributed by atoms with van der Waals surface area (Å²) in [7, 11) is 0. The van der Waals surface area contributed by atoms with Crippen LogP contribution in [0, 0.1) is 6.92 Å². The van der Waals surface area contributed by atoms with Gasteiger partial charge in [0.2, 0.25) is 0 Å². The van der Waals surface area contributed by atoms with Gasteiger partial charge in [0.05, 0.1) is 12.1 Å². The fraction of sp³-hybridized carbons (Fsp3) is 0.680. The van der Waals surface area contributed by atoms with Gasteiger partial charge in [0.1, 0.15) is 0 Å². The molecule has 5 heteroatoms. The average molecular weight is 411 g/mol. The van der Waals surface area contributed by atoms with Crippen molar-refractivity contribution >= 4 is 10.9 Å². The van der Waals surface area contributed by atoms with Crippen LogP contribution in [-0.2, 0) is 13.0 Å². The van der Waals surface area contributed by atoms with E-state index in [0.717, 1.165) is 26.3 Å². The number of β-amino-alcohol motifs (C(OH)–C–C–N with tert-alkyl or cyclic N) is 1. The van der Waals surface area contributed by atoms with Crippen LogP contribution in [0.5, 0.6) is 0 Å². The number of aliphatic hydroxyl groups is 1. The van der Waals surface area contributed by atoms with Crippen LogP contribution in [0.25, 0.3) is 10.9 Å². The molecule has 0 saturated carbocycles. The van der Waals surface area contributed by atoms with E-state index in [4.69, 9.17) is 0 Å². The van der Waals surface area contributed by atoms with Crippen molar-refractivity contribution in [2.75, 3.05) is 39.4 Å². The average Bonchev–Trinajstić information content (AvgIpc) is 2.90. The maximum Gasteiger partial charge on any atom is 0.0791 e. The maximum absolute atomic E-state index is 10.8. The molecule has 1 aromatic heterocycles. The van der Waals surface area contributed by atoms with Gasteiger partial charge in [-0.15, -0.1) is 0 Å². The highest BCUT2D eigenvalue weighted by Crippen LogP contribution is 2.42. The first-order chi connectivity index (χ1) is 14.7. The minimum Gasteiger partial charge on any atom is -0.390 e. The van der Waals surface area contributed by atoms with Crippen molar-refractivity contribution in [1.29, 1.82) is 0 Å². The van der Waals surface area contributed by atoms with E-state index in [1.807, 2.05) is 0 Å². The zero-order chi connectivity index (χ0) is 20.5. The predicted octanol–water partition coefficient (Wildman–Crippen LogP) is 3.43. The molecule has 2 N–H and O–H groups in total. The molecule has 0 unspecified atom stereocenters. The largest absolute Gasteiger partial charge is 0.390 e. The van der Waals surface area contributed by atoms with Gasteiger partial charge in [-0.2, -0.15) is 0 Å². The Morgan fingerprint density at radius 2 is 1.90 bits per heavy atom. The third-order valence-corrected chi connectivity index (χ3v) is 7.50. The van der Waals surface area contributed by atoms with E-state index in [9.17, 15) is 5.11 Å². The fourth-order valence-corrected chi connectivity index (χ4v) is 6.03. The van der Waals surface area contributed by atoms with Crippen molar-refractivity contribution in [3.8, 4) is 0 Å². The number of nitrogens with one attached hydrogen (secondary N) is 1. The topological polar surface area (TPSA) is 43.7 Å². The number of aryl methyl sites for hydroxylation is 2. The van der Waals surface area contributed by atoms with Crippen LogP contribution in [0.15, 0.2) is 18.2 Å².